The number of hydrogen-bond acceptors (Lipinski definition) is 3. The summed E-state index contributed by atoms with van der Waals surface area (Å²) in [6, 6.07) is 7.09. The Morgan fingerprint density at radius 3 is 2.74 bits per heavy atom. The third-order valence-corrected chi connectivity index (χ3v) is 6.12. The molecule has 2 aromatic heterocycles. The first kappa shape index (κ1) is 23.6. The average molecular weight is 535 g/mol. The number of aliphatic imine (C=N–C) groups is 1. The minimum Gasteiger partial charge on any atom is -0.361 e. The molecule has 0 aliphatic heterocycles. The highest BCUT2D eigenvalue weighted by atomic mass is 127. The summed E-state index contributed by atoms with van der Waals surface area (Å²) >= 11 is 0. The third kappa shape index (κ3) is 5.99. The van der Waals surface area contributed by atoms with Gasteiger partial charge in [0.1, 0.15) is 12.4 Å². The van der Waals surface area contributed by atoms with Crippen LogP contribution >= 0.6 is 24.0 Å². The van der Waals surface area contributed by atoms with Crippen LogP contribution in [0.5, 0.6) is 0 Å². The summed E-state index contributed by atoms with van der Waals surface area (Å²) in [4.78, 5) is 8.21. The van der Waals surface area contributed by atoms with Gasteiger partial charge in [-0.15, -0.1) is 34.2 Å². The topological polar surface area (TPSA) is 82.9 Å². The second kappa shape index (κ2) is 11.0. The second-order valence-electron chi connectivity index (χ2n) is 8.41. The lowest BCUT2D eigenvalue weighted by Crippen LogP contribution is -2.44. The van der Waals surface area contributed by atoms with Crippen molar-refractivity contribution >= 4 is 40.8 Å². The smallest absolute Gasteiger partial charge is 0.191 e. The van der Waals surface area contributed by atoms with Crippen molar-refractivity contribution in [3.05, 3.63) is 47.2 Å². The van der Waals surface area contributed by atoms with Crippen LogP contribution < -0.4 is 10.6 Å². The zero-order valence-electron chi connectivity index (χ0n) is 18.7. The highest BCUT2D eigenvalue weighted by Gasteiger charge is 2.15. The maximum atomic E-state index is 4.82. The van der Waals surface area contributed by atoms with E-state index in [9.17, 15) is 0 Å². The van der Waals surface area contributed by atoms with Gasteiger partial charge in [0.05, 0.1) is 0 Å². The van der Waals surface area contributed by atoms with Crippen LogP contribution in [0.4, 0.5) is 0 Å². The van der Waals surface area contributed by atoms with Crippen LogP contribution in [-0.4, -0.2) is 38.3 Å². The lowest BCUT2D eigenvalue weighted by molar-refractivity contribution is 0.410. The first-order chi connectivity index (χ1) is 14.6. The van der Waals surface area contributed by atoms with E-state index in [1.54, 1.807) is 0 Å². The number of aromatic amines is 1. The number of benzene rings is 1. The van der Waals surface area contributed by atoms with E-state index in [4.69, 9.17) is 4.99 Å². The number of nitrogens with one attached hydrogen (secondary N) is 3. The van der Waals surface area contributed by atoms with Crippen LogP contribution in [0.15, 0.2) is 29.4 Å². The molecule has 3 aromatic rings. The Labute approximate surface area is 201 Å². The standard InChI is InChI=1S/C23H33N7.HI/c1-16-9-10-20-18(14-25-21(20)13-16)11-12-24-23(27-19-7-5-4-6-8-19)26-15-22-29-28-17(2)30(22)3;/h9-10,13-14,19,25H,4-8,11-12,15H2,1-3H3,(H2,24,26,27);1H. The molecule has 0 amide bonds. The first-order valence-electron chi connectivity index (χ1n) is 11.1. The molecule has 0 radical (unpaired) electrons. The largest absolute Gasteiger partial charge is 0.361 e. The summed E-state index contributed by atoms with van der Waals surface area (Å²) < 4.78 is 2.00. The molecule has 0 saturated heterocycles. The number of H-pyrrole nitrogens is 1. The quantitative estimate of drug-likeness (QED) is 0.252. The number of nitrogens with zero attached hydrogens (tertiary/aromatic N) is 4. The van der Waals surface area contributed by atoms with E-state index >= 15 is 0 Å². The summed E-state index contributed by atoms with van der Waals surface area (Å²) in [6.07, 6.45) is 9.43. The summed E-state index contributed by atoms with van der Waals surface area (Å²) in [7, 11) is 1.99. The number of fused-ring (bicyclic) bond motifs is 1. The molecule has 8 heteroatoms. The minimum absolute atomic E-state index is 0. The van der Waals surface area contributed by atoms with Crippen LogP contribution in [0.1, 0.15) is 54.9 Å². The van der Waals surface area contributed by atoms with Crippen molar-refractivity contribution in [2.24, 2.45) is 12.0 Å². The fourth-order valence-electron chi connectivity index (χ4n) is 4.15. The van der Waals surface area contributed by atoms with Gasteiger partial charge in [-0.1, -0.05) is 31.4 Å². The molecule has 1 fully saturated rings. The van der Waals surface area contributed by atoms with Crippen LogP contribution in [0.3, 0.4) is 0 Å². The number of halogens is 1. The van der Waals surface area contributed by atoms with Crippen molar-refractivity contribution in [2.75, 3.05) is 6.54 Å². The summed E-state index contributed by atoms with van der Waals surface area (Å²) in [5.41, 5.74) is 3.81. The average Bonchev–Trinajstić information content (AvgIpc) is 3.29. The summed E-state index contributed by atoms with van der Waals surface area (Å²) in [5, 5.41) is 16.9. The van der Waals surface area contributed by atoms with E-state index in [0.717, 1.165) is 30.6 Å². The Morgan fingerprint density at radius 1 is 1.19 bits per heavy atom. The molecule has 0 atom stereocenters. The normalized spacial score (nSPS) is 15.1. The van der Waals surface area contributed by atoms with Gasteiger partial charge in [0, 0.05) is 36.7 Å². The lowest BCUT2D eigenvalue weighted by Gasteiger charge is -2.25. The molecule has 1 saturated carbocycles. The van der Waals surface area contributed by atoms with Crippen LogP contribution in [-0.2, 0) is 20.0 Å². The van der Waals surface area contributed by atoms with Crippen LogP contribution in [0.25, 0.3) is 10.9 Å². The van der Waals surface area contributed by atoms with Gasteiger partial charge in [-0.05, 0) is 50.3 Å². The van der Waals surface area contributed by atoms with E-state index in [1.165, 1.54) is 54.1 Å². The summed E-state index contributed by atoms with van der Waals surface area (Å²) in [5.74, 6) is 2.66. The fraction of sp³-hybridized carbons (Fsp3) is 0.522. The van der Waals surface area contributed by atoms with Crippen molar-refractivity contribution in [2.45, 2.75) is 65.0 Å². The fourth-order valence-corrected chi connectivity index (χ4v) is 4.15. The van der Waals surface area contributed by atoms with Crippen molar-refractivity contribution in [3.63, 3.8) is 0 Å². The first-order valence-corrected chi connectivity index (χ1v) is 11.1. The maximum absolute atomic E-state index is 4.82. The van der Waals surface area contributed by atoms with Crippen molar-refractivity contribution < 1.29 is 0 Å². The number of guanidine groups is 1. The van der Waals surface area contributed by atoms with Gasteiger partial charge in [0.2, 0.25) is 0 Å². The van der Waals surface area contributed by atoms with E-state index in [1.807, 2.05) is 18.5 Å². The van der Waals surface area contributed by atoms with Gasteiger partial charge >= 0.3 is 0 Å². The van der Waals surface area contributed by atoms with Crippen molar-refractivity contribution in [1.82, 2.24) is 30.4 Å². The van der Waals surface area contributed by atoms with Crippen LogP contribution in [0, 0.1) is 13.8 Å². The molecule has 1 aromatic carbocycles. The van der Waals surface area contributed by atoms with E-state index in [2.05, 4.69) is 57.1 Å². The zero-order valence-corrected chi connectivity index (χ0v) is 21.1. The highest BCUT2D eigenvalue weighted by molar-refractivity contribution is 14.0. The Morgan fingerprint density at radius 2 is 2.00 bits per heavy atom. The molecule has 1 aliphatic carbocycles. The Kier molecular flexibility index (Phi) is 8.34. The molecule has 0 bridgehead atoms. The predicted octanol–water partition coefficient (Wildman–Crippen LogP) is 4.14. The molecule has 1 aliphatic rings. The SMILES string of the molecule is Cc1ccc2c(CCNC(=NCc3nnc(C)n3C)NC3CCCCC3)c[nH]c2c1.I. The molecular formula is C23H34IN7. The van der Waals surface area contributed by atoms with E-state index < -0.39 is 0 Å². The van der Waals surface area contributed by atoms with E-state index in [0.29, 0.717) is 12.6 Å². The monoisotopic (exact) mass is 535 g/mol. The van der Waals surface area contributed by atoms with Crippen LogP contribution in [0.2, 0.25) is 0 Å². The molecule has 4 rings (SSSR count). The Hall–Kier alpha value is -2.10. The van der Waals surface area contributed by atoms with Gasteiger partial charge in [-0.25, -0.2) is 4.99 Å². The third-order valence-electron chi connectivity index (χ3n) is 6.12. The number of aromatic nitrogens is 4. The number of aryl methyl sites for hydroxylation is 2. The number of hydrogen-bond donors (Lipinski definition) is 3. The van der Waals surface area contributed by atoms with Gasteiger partial charge < -0.3 is 20.2 Å². The highest BCUT2D eigenvalue weighted by Crippen LogP contribution is 2.20. The number of rotatable bonds is 6. The van der Waals surface area contributed by atoms with Gasteiger partial charge in [-0.2, -0.15) is 0 Å². The van der Waals surface area contributed by atoms with Gasteiger partial charge in [0.15, 0.2) is 11.8 Å². The summed E-state index contributed by atoms with van der Waals surface area (Å²) in [6.45, 7) is 5.44. The molecule has 0 unspecified atom stereocenters. The molecule has 168 valence electrons. The molecule has 7 nitrogen and oxygen atoms in total. The molecule has 31 heavy (non-hydrogen) atoms. The van der Waals surface area contributed by atoms with E-state index in [-0.39, 0.29) is 24.0 Å². The zero-order chi connectivity index (χ0) is 20.9. The van der Waals surface area contributed by atoms with Gasteiger partial charge in [0.25, 0.3) is 0 Å². The second-order valence-corrected chi connectivity index (χ2v) is 8.41. The molecule has 3 N–H and O–H groups in total. The lowest BCUT2D eigenvalue weighted by atomic mass is 9.96. The van der Waals surface area contributed by atoms with Crippen molar-refractivity contribution in [3.8, 4) is 0 Å². The predicted molar refractivity (Wildman–Crippen MR) is 137 cm³/mol. The minimum atomic E-state index is 0. The maximum Gasteiger partial charge on any atom is 0.191 e. The molecule has 0 spiro atoms. The molecule has 2 heterocycles. The van der Waals surface area contributed by atoms with Gasteiger partial charge in [-0.3, -0.25) is 0 Å². The Balaban J connectivity index is 0.00000272. The Bertz CT molecular complexity index is 1010. The molecular weight excluding hydrogens is 501 g/mol. The van der Waals surface area contributed by atoms with Crippen molar-refractivity contribution in [1.29, 1.82) is 0 Å².